The lowest BCUT2D eigenvalue weighted by Gasteiger charge is -2.22. The van der Waals surface area contributed by atoms with Gasteiger partial charge in [-0.25, -0.2) is 4.79 Å². The Balaban J connectivity index is 1.96. The lowest BCUT2D eigenvalue weighted by molar-refractivity contribution is -0.913. The van der Waals surface area contributed by atoms with E-state index in [0.29, 0.717) is 20.6 Å². The molecular formula is C18H19Cl2N2O3S+. The first-order valence-electron chi connectivity index (χ1n) is 8.27. The second kappa shape index (κ2) is 7.96. The third kappa shape index (κ3) is 3.74. The molecule has 26 heavy (non-hydrogen) atoms. The molecule has 0 saturated heterocycles. The first-order chi connectivity index (χ1) is 12.4. The number of ether oxygens (including phenoxy) is 1. The molecule has 2 heterocycles. The van der Waals surface area contributed by atoms with Crippen molar-refractivity contribution < 1.29 is 19.2 Å². The predicted octanol–water partition coefficient (Wildman–Crippen LogP) is 3.05. The van der Waals surface area contributed by atoms with Gasteiger partial charge in [-0.1, -0.05) is 23.2 Å². The van der Waals surface area contributed by atoms with E-state index in [-0.39, 0.29) is 5.56 Å². The van der Waals surface area contributed by atoms with Gasteiger partial charge in [0.1, 0.15) is 11.5 Å². The number of hydrogen-bond donors (Lipinski definition) is 2. The number of amides is 1. The molecule has 0 spiro atoms. The molecule has 0 aliphatic carbocycles. The zero-order chi connectivity index (χ0) is 18.8. The highest BCUT2D eigenvalue weighted by Gasteiger charge is 2.30. The molecule has 1 aromatic heterocycles. The fourth-order valence-corrected chi connectivity index (χ4v) is 4.76. The second-order valence-electron chi connectivity index (χ2n) is 6.06. The minimum Gasteiger partial charge on any atom is -0.465 e. The number of methoxy groups -OCH3 is 1. The maximum Gasteiger partial charge on any atom is 0.341 e. The van der Waals surface area contributed by atoms with Crippen LogP contribution in [0.4, 0.5) is 5.00 Å². The number of esters is 1. The van der Waals surface area contributed by atoms with Crippen LogP contribution in [0.25, 0.3) is 0 Å². The molecule has 1 unspecified atom stereocenters. The fourth-order valence-electron chi connectivity index (χ4n) is 3.09. The minimum absolute atomic E-state index is 0.266. The first-order valence-corrected chi connectivity index (χ1v) is 9.84. The molecule has 1 aliphatic heterocycles. The molecule has 1 amide bonds. The monoisotopic (exact) mass is 413 g/mol. The quantitative estimate of drug-likeness (QED) is 0.757. The fraction of sp³-hybridized carbons (Fsp3) is 0.333. The van der Waals surface area contributed by atoms with Crippen LogP contribution in [-0.4, -0.2) is 32.1 Å². The van der Waals surface area contributed by atoms with Gasteiger partial charge in [0, 0.05) is 11.4 Å². The average molecular weight is 414 g/mol. The zero-order valence-corrected chi connectivity index (χ0v) is 16.8. The molecule has 0 fully saturated rings. The van der Waals surface area contributed by atoms with Gasteiger partial charge in [0.2, 0.25) is 0 Å². The van der Waals surface area contributed by atoms with Gasteiger partial charge in [-0.2, -0.15) is 0 Å². The highest BCUT2D eigenvalue weighted by molar-refractivity contribution is 7.17. The predicted molar refractivity (Wildman–Crippen MR) is 104 cm³/mol. The largest absolute Gasteiger partial charge is 0.465 e. The van der Waals surface area contributed by atoms with Crippen LogP contribution in [0.15, 0.2) is 18.2 Å². The summed E-state index contributed by atoms with van der Waals surface area (Å²) >= 11 is 13.5. The molecule has 0 radical (unpaired) electrons. The summed E-state index contributed by atoms with van der Waals surface area (Å²) in [6.45, 7) is 4.95. The Bertz CT molecular complexity index is 866. The molecule has 1 atom stereocenters. The Labute approximate surface area is 165 Å². The molecule has 0 bridgehead atoms. The van der Waals surface area contributed by atoms with Crippen molar-refractivity contribution in [2.75, 3.05) is 25.5 Å². The third-order valence-corrected chi connectivity index (χ3v) is 6.23. The molecule has 2 aromatic rings. The second-order valence-corrected chi connectivity index (χ2v) is 8.01. The van der Waals surface area contributed by atoms with E-state index in [9.17, 15) is 9.59 Å². The van der Waals surface area contributed by atoms with E-state index in [1.165, 1.54) is 29.4 Å². The maximum absolute atomic E-state index is 12.7. The average Bonchev–Trinajstić information content (AvgIpc) is 2.99. The number of nitrogens with one attached hydrogen (secondary N) is 2. The van der Waals surface area contributed by atoms with Gasteiger partial charge in [-0.3, -0.25) is 4.79 Å². The summed E-state index contributed by atoms with van der Waals surface area (Å²) in [4.78, 5) is 27.6. The molecule has 3 rings (SSSR count). The van der Waals surface area contributed by atoms with Crippen molar-refractivity contribution in [3.05, 3.63) is 49.8 Å². The van der Waals surface area contributed by atoms with Crippen molar-refractivity contribution in [1.82, 2.24) is 0 Å². The van der Waals surface area contributed by atoms with E-state index in [2.05, 4.69) is 12.2 Å². The number of benzene rings is 1. The lowest BCUT2D eigenvalue weighted by Crippen LogP contribution is -3.11. The summed E-state index contributed by atoms with van der Waals surface area (Å²) in [6.07, 6.45) is 0.785. The SMILES string of the molecule is CC[NH+]1CCc2c(sc(NC(=O)c3cc(Cl)ccc3Cl)c2C(=O)OC)C1. The summed E-state index contributed by atoms with van der Waals surface area (Å²) in [6, 6.07) is 4.70. The maximum atomic E-state index is 12.7. The Kier molecular flexibility index (Phi) is 5.87. The highest BCUT2D eigenvalue weighted by Crippen LogP contribution is 2.36. The van der Waals surface area contributed by atoms with Crippen LogP contribution in [0.3, 0.4) is 0 Å². The van der Waals surface area contributed by atoms with Crippen LogP contribution in [0.1, 0.15) is 38.1 Å². The number of carbonyl (C=O) groups is 2. The normalized spacial score (nSPS) is 16.1. The van der Waals surface area contributed by atoms with Crippen molar-refractivity contribution in [3.63, 3.8) is 0 Å². The van der Waals surface area contributed by atoms with Gasteiger partial charge in [-0.15, -0.1) is 11.3 Å². The van der Waals surface area contributed by atoms with E-state index in [4.69, 9.17) is 27.9 Å². The van der Waals surface area contributed by atoms with Crippen LogP contribution in [0.2, 0.25) is 10.0 Å². The summed E-state index contributed by atoms with van der Waals surface area (Å²) in [5, 5.41) is 4.04. The van der Waals surface area contributed by atoms with Gasteiger partial charge >= 0.3 is 5.97 Å². The number of carbonyl (C=O) groups excluding carboxylic acids is 2. The topological polar surface area (TPSA) is 59.8 Å². The van der Waals surface area contributed by atoms with Crippen LogP contribution in [-0.2, 0) is 17.7 Å². The van der Waals surface area contributed by atoms with Gasteiger partial charge in [0.15, 0.2) is 0 Å². The van der Waals surface area contributed by atoms with Gasteiger partial charge in [-0.05, 0) is 30.7 Å². The van der Waals surface area contributed by atoms with Crippen molar-refractivity contribution in [3.8, 4) is 0 Å². The standard InChI is InChI=1S/C18H18Cl2N2O3S/c1-3-22-7-6-11-14(9-22)26-17(15(11)18(24)25-2)21-16(23)12-8-10(19)4-5-13(12)20/h4-5,8H,3,6-7,9H2,1-2H3,(H,21,23)/p+1. The number of likely N-dealkylation sites (N-methyl/N-ethyl adjacent to an activating group) is 1. The summed E-state index contributed by atoms with van der Waals surface area (Å²) in [7, 11) is 1.35. The highest BCUT2D eigenvalue weighted by atomic mass is 35.5. The molecule has 138 valence electrons. The van der Waals surface area contributed by atoms with Crippen molar-refractivity contribution in [2.24, 2.45) is 0 Å². The Morgan fingerprint density at radius 2 is 2.12 bits per heavy atom. The number of halogens is 2. The van der Waals surface area contributed by atoms with Crippen LogP contribution >= 0.6 is 34.5 Å². The number of hydrogen-bond acceptors (Lipinski definition) is 4. The van der Waals surface area contributed by atoms with E-state index in [1.54, 1.807) is 12.1 Å². The van der Waals surface area contributed by atoms with Gasteiger partial charge in [0.25, 0.3) is 5.91 Å². The zero-order valence-electron chi connectivity index (χ0n) is 14.4. The minimum atomic E-state index is -0.435. The van der Waals surface area contributed by atoms with Crippen molar-refractivity contribution in [2.45, 2.75) is 19.9 Å². The molecule has 8 heteroatoms. The first kappa shape index (κ1) is 19.2. The summed E-state index contributed by atoms with van der Waals surface area (Å²) in [5.41, 5.74) is 1.70. The molecular weight excluding hydrogens is 395 g/mol. The van der Waals surface area contributed by atoms with Crippen molar-refractivity contribution >= 4 is 51.4 Å². The van der Waals surface area contributed by atoms with E-state index in [0.717, 1.165) is 36.5 Å². The molecule has 5 nitrogen and oxygen atoms in total. The van der Waals surface area contributed by atoms with E-state index >= 15 is 0 Å². The number of fused-ring (bicyclic) bond motifs is 1. The smallest absolute Gasteiger partial charge is 0.341 e. The summed E-state index contributed by atoms with van der Waals surface area (Å²) < 4.78 is 4.95. The van der Waals surface area contributed by atoms with E-state index in [1.807, 2.05) is 0 Å². The van der Waals surface area contributed by atoms with E-state index < -0.39 is 11.9 Å². The number of thiophene rings is 1. The number of quaternary nitrogens is 1. The molecule has 0 saturated carbocycles. The van der Waals surface area contributed by atoms with Gasteiger partial charge < -0.3 is 15.0 Å². The Morgan fingerprint density at radius 1 is 1.35 bits per heavy atom. The summed E-state index contributed by atoms with van der Waals surface area (Å²) in [5.74, 6) is -0.837. The Hall–Kier alpha value is -1.60. The lowest BCUT2D eigenvalue weighted by atomic mass is 10.0. The number of rotatable bonds is 4. The van der Waals surface area contributed by atoms with Crippen LogP contribution in [0, 0.1) is 0 Å². The third-order valence-electron chi connectivity index (χ3n) is 4.52. The van der Waals surface area contributed by atoms with Crippen molar-refractivity contribution in [1.29, 1.82) is 0 Å². The van der Waals surface area contributed by atoms with Crippen LogP contribution in [0.5, 0.6) is 0 Å². The Morgan fingerprint density at radius 3 is 2.81 bits per heavy atom. The van der Waals surface area contributed by atoms with Gasteiger partial charge in [0.05, 0.1) is 41.2 Å². The molecule has 1 aliphatic rings. The molecule has 1 aromatic carbocycles. The van der Waals surface area contributed by atoms with Crippen LogP contribution < -0.4 is 10.2 Å². The number of anilines is 1. The molecule has 2 N–H and O–H groups in total.